The van der Waals surface area contributed by atoms with Crippen LogP contribution in [0.25, 0.3) is 10.9 Å². The van der Waals surface area contributed by atoms with Crippen molar-refractivity contribution in [1.29, 1.82) is 0 Å². The molecule has 0 spiro atoms. The number of aromatic nitrogens is 1. The number of carbonyl (C=O) groups excluding carboxylic acids is 2. The van der Waals surface area contributed by atoms with Gasteiger partial charge < -0.3 is 19.2 Å². The van der Waals surface area contributed by atoms with E-state index in [-0.39, 0.29) is 12.0 Å². The fourth-order valence-corrected chi connectivity index (χ4v) is 4.94. The topological polar surface area (TPSA) is 80.9 Å². The average molecular weight is 453 g/mol. The van der Waals surface area contributed by atoms with E-state index < -0.39 is 17.7 Å². The number of methoxy groups -OCH3 is 1. The molecule has 0 bridgehead atoms. The fourth-order valence-electron chi connectivity index (χ4n) is 4.94. The van der Waals surface area contributed by atoms with Crippen molar-refractivity contribution >= 4 is 23.0 Å². The largest absolute Gasteiger partial charge is 0.513 e. The van der Waals surface area contributed by atoms with Gasteiger partial charge in [-0.15, -0.1) is 0 Å². The average Bonchev–Trinajstić information content (AvgIpc) is 3.16. The van der Waals surface area contributed by atoms with Gasteiger partial charge in [-0.05, 0) is 52.2 Å². The Morgan fingerprint density at radius 3 is 2.67 bits per heavy atom. The van der Waals surface area contributed by atoms with Crippen molar-refractivity contribution in [2.24, 2.45) is 5.92 Å². The first kappa shape index (κ1) is 23.1. The molecule has 176 valence electrons. The number of carbonyl (C=O) groups is 2. The molecule has 3 heterocycles. The Bertz CT molecular complexity index is 1120. The number of hydrogen-bond acceptors (Lipinski definition) is 6. The van der Waals surface area contributed by atoms with Crippen LogP contribution in [0, 0.1) is 5.92 Å². The van der Waals surface area contributed by atoms with Gasteiger partial charge in [0.25, 0.3) is 0 Å². The van der Waals surface area contributed by atoms with E-state index in [2.05, 4.69) is 28.1 Å². The van der Waals surface area contributed by atoms with Crippen molar-refractivity contribution in [1.82, 2.24) is 9.88 Å². The molecule has 0 unspecified atom stereocenters. The summed E-state index contributed by atoms with van der Waals surface area (Å²) in [5, 5.41) is 1.26. The molecule has 4 rings (SSSR count). The van der Waals surface area contributed by atoms with Crippen LogP contribution in [-0.2, 0) is 25.4 Å². The molecule has 7 heteroatoms. The van der Waals surface area contributed by atoms with Crippen LogP contribution in [0.5, 0.6) is 0 Å². The van der Waals surface area contributed by atoms with Gasteiger partial charge in [0.1, 0.15) is 11.9 Å². The number of hydrogen-bond donors (Lipinski definition) is 1. The van der Waals surface area contributed by atoms with Crippen molar-refractivity contribution in [2.75, 3.05) is 20.2 Å². The van der Waals surface area contributed by atoms with Crippen molar-refractivity contribution in [2.45, 2.75) is 52.2 Å². The van der Waals surface area contributed by atoms with Gasteiger partial charge in [-0.3, -0.25) is 4.90 Å². The molecule has 1 aromatic heterocycles. The van der Waals surface area contributed by atoms with Gasteiger partial charge >= 0.3 is 12.1 Å². The third-order valence-electron chi connectivity index (χ3n) is 6.40. The predicted octanol–water partition coefficient (Wildman–Crippen LogP) is 5.04. The van der Waals surface area contributed by atoms with Gasteiger partial charge in [0.2, 0.25) is 0 Å². The molecule has 2 aromatic rings. The molecule has 0 saturated carbocycles. The van der Waals surface area contributed by atoms with Crippen LogP contribution >= 0.6 is 0 Å². The molecule has 2 aliphatic heterocycles. The first-order valence-electron chi connectivity index (χ1n) is 11.4. The molecule has 0 amide bonds. The van der Waals surface area contributed by atoms with E-state index in [9.17, 15) is 9.59 Å². The van der Waals surface area contributed by atoms with Crippen molar-refractivity contribution in [3.05, 3.63) is 59.0 Å². The second-order valence-electron chi connectivity index (χ2n) is 9.60. The summed E-state index contributed by atoms with van der Waals surface area (Å²) in [5.74, 6) is -0.743. The number of fused-ring (bicyclic) bond motifs is 5. The molecule has 1 N–H and O–H groups in total. The zero-order valence-corrected chi connectivity index (χ0v) is 19.9. The SMILES string of the molecule is C/C=C1/CN2CCc3c([nH]c4ccccc34)[C@@H]2C[C@@H]1/C(=C/OC(=O)OC(C)(C)C)C(=O)OC. The first-order valence-corrected chi connectivity index (χ1v) is 11.4. The Morgan fingerprint density at radius 1 is 1.21 bits per heavy atom. The zero-order chi connectivity index (χ0) is 23.8. The second kappa shape index (κ2) is 9.06. The van der Waals surface area contributed by atoms with Gasteiger partial charge in [0.15, 0.2) is 0 Å². The number of rotatable bonds is 3. The minimum Gasteiger partial charge on any atom is -0.466 e. The standard InChI is InChI=1S/C26H32N2O5/c1-6-16-14-28-12-11-18-17-9-7-8-10-21(17)27-23(18)22(28)13-19(16)20(24(29)31-5)15-32-25(30)33-26(2,3)4/h6-10,15,19,22,27H,11-14H2,1-5H3/b16-6-,20-15-/t19-,22-/m0/s1. The zero-order valence-electron chi connectivity index (χ0n) is 19.9. The maximum absolute atomic E-state index is 12.7. The summed E-state index contributed by atoms with van der Waals surface area (Å²) in [4.78, 5) is 31.0. The van der Waals surface area contributed by atoms with Crippen molar-refractivity contribution in [3.63, 3.8) is 0 Å². The summed E-state index contributed by atoms with van der Waals surface area (Å²) in [6.07, 6.45) is 4.07. The summed E-state index contributed by atoms with van der Waals surface area (Å²) < 4.78 is 15.5. The number of para-hydroxylation sites is 1. The Morgan fingerprint density at radius 2 is 1.97 bits per heavy atom. The summed E-state index contributed by atoms with van der Waals surface area (Å²) in [7, 11) is 1.34. The van der Waals surface area contributed by atoms with Crippen LogP contribution in [-0.4, -0.2) is 47.8 Å². The van der Waals surface area contributed by atoms with Gasteiger partial charge in [0.05, 0.1) is 18.7 Å². The summed E-state index contributed by atoms with van der Waals surface area (Å²) in [6, 6.07) is 8.49. The number of H-pyrrole nitrogens is 1. The van der Waals surface area contributed by atoms with E-state index in [0.29, 0.717) is 12.0 Å². The van der Waals surface area contributed by atoms with E-state index in [1.165, 1.54) is 30.0 Å². The molecule has 2 atom stereocenters. The highest BCUT2D eigenvalue weighted by molar-refractivity contribution is 5.90. The third kappa shape index (κ3) is 4.69. The summed E-state index contributed by atoms with van der Waals surface area (Å²) in [6.45, 7) is 8.94. The molecule has 7 nitrogen and oxygen atoms in total. The predicted molar refractivity (Wildman–Crippen MR) is 126 cm³/mol. The number of piperidine rings is 1. The highest BCUT2D eigenvalue weighted by Crippen LogP contribution is 2.45. The van der Waals surface area contributed by atoms with E-state index >= 15 is 0 Å². The van der Waals surface area contributed by atoms with Crippen LogP contribution in [0.15, 0.2) is 47.7 Å². The maximum Gasteiger partial charge on any atom is 0.513 e. The number of esters is 1. The molecule has 33 heavy (non-hydrogen) atoms. The van der Waals surface area contributed by atoms with Gasteiger partial charge in [0, 0.05) is 35.6 Å². The quantitative estimate of drug-likeness (QED) is 0.304. The maximum atomic E-state index is 12.7. The van der Waals surface area contributed by atoms with Crippen LogP contribution in [0.1, 0.15) is 51.4 Å². The van der Waals surface area contributed by atoms with E-state index in [0.717, 1.165) is 30.6 Å². The molecule has 1 saturated heterocycles. The molecule has 2 aliphatic rings. The van der Waals surface area contributed by atoms with Crippen LogP contribution < -0.4 is 0 Å². The minimum atomic E-state index is -0.848. The van der Waals surface area contributed by atoms with E-state index in [4.69, 9.17) is 14.2 Å². The van der Waals surface area contributed by atoms with Gasteiger partial charge in [-0.2, -0.15) is 0 Å². The highest BCUT2D eigenvalue weighted by atomic mass is 16.7. The molecular formula is C26H32N2O5. The van der Waals surface area contributed by atoms with E-state index in [1.807, 2.05) is 19.1 Å². The monoisotopic (exact) mass is 452 g/mol. The van der Waals surface area contributed by atoms with E-state index in [1.54, 1.807) is 20.8 Å². The Hall–Kier alpha value is -3.06. The number of nitrogens with zero attached hydrogens (tertiary/aromatic N) is 1. The smallest absolute Gasteiger partial charge is 0.466 e. The van der Waals surface area contributed by atoms with Crippen LogP contribution in [0.4, 0.5) is 4.79 Å². The van der Waals surface area contributed by atoms with Gasteiger partial charge in [-0.1, -0.05) is 29.8 Å². The summed E-state index contributed by atoms with van der Waals surface area (Å²) >= 11 is 0. The lowest BCUT2D eigenvalue weighted by Crippen LogP contribution is -2.43. The highest BCUT2D eigenvalue weighted by Gasteiger charge is 2.40. The van der Waals surface area contributed by atoms with Crippen molar-refractivity contribution < 1.29 is 23.8 Å². The lowest BCUT2D eigenvalue weighted by molar-refractivity contribution is -0.137. The first-order chi connectivity index (χ1) is 15.7. The molecule has 0 aliphatic carbocycles. The van der Waals surface area contributed by atoms with Crippen molar-refractivity contribution in [3.8, 4) is 0 Å². The normalized spacial score (nSPS) is 22.6. The summed E-state index contributed by atoms with van der Waals surface area (Å²) in [5.41, 5.74) is 4.43. The number of ether oxygens (including phenoxy) is 3. The Labute approximate surface area is 194 Å². The fraction of sp³-hybridized carbons (Fsp3) is 0.462. The number of nitrogens with one attached hydrogen (secondary N) is 1. The number of aromatic amines is 1. The minimum absolute atomic E-state index is 0.129. The number of benzene rings is 1. The third-order valence-corrected chi connectivity index (χ3v) is 6.40. The van der Waals surface area contributed by atoms with Crippen LogP contribution in [0.3, 0.4) is 0 Å². The molecule has 1 fully saturated rings. The molecule has 1 aromatic carbocycles. The van der Waals surface area contributed by atoms with Gasteiger partial charge in [-0.25, -0.2) is 9.59 Å². The Balaban J connectivity index is 1.66. The lowest BCUT2D eigenvalue weighted by Gasteiger charge is -2.43. The number of allylic oxidation sites excluding steroid dienone is 1. The molecular weight excluding hydrogens is 420 g/mol. The second-order valence-corrected chi connectivity index (χ2v) is 9.60. The lowest BCUT2D eigenvalue weighted by atomic mass is 9.78. The molecule has 0 radical (unpaired) electrons. The Kier molecular flexibility index (Phi) is 6.34. The van der Waals surface area contributed by atoms with Crippen LogP contribution in [0.2, 0.25) is 0 Å².